The molecule has 2 bridgehead atoms. The summed E-state index contributed by atoms with van der Waals surface area (Å²) in [5.41, 5.74) is 17.3. The van der Waals surface area contributed by atoms with Gasteiger partial charge in [0.2, 0.25) is 0 Å². The van der Waals surface area contributed by atoms with Crippen molar-refractivity contribution in [2.75, 3.05) is 4.90 Å². The molecule has 4 aliphatic carbocycles. The summed E-state index contributed by atoms with van der Waals surface area (Å²) in [4.78, 5) is 2.57. The van der Waals surface area contributed by atoms with Crippen molar-refractivity contribution in [2.45, 2.75) is 88.9 Å². The molecule has 1 nitrogen and oxygen atoms in total. The average molecular weight is 740 g/mol. The van der Waals surface area contributed by atoms with Gasteiger partial charge < -0.3 is 4.90 Å². The predicted octanol–water partition coefficient (Wildman–Crippen LogP) is 15.9. The third-order valence-corrected chi connectivity index (χ3v) is 14.8. The highest BCUT2D eigenvalue weighted by molar-refractivity contribution is 6.01. The summed E-state index contributed by atoms with van der Waals surface area (Å²) in [5.74, 6) is 3.20. The fourth-order valence-electron chi connectivity index (χ4n) is 11.8. The molecule has 0 N–H and O–H groups in total. The number of benzene rings is 7. The minimum atomic E-state index is -0.164. The third-order valence-electron chi connectivity index (χ3n) is 14.8. The van der Waals surface area contributed by atoms with E-state index in [0.717, 1.165) is 17.8 Å². The molecule has 3 saturated carbocycles. The van der Waals surface area contributed by atoms with Gasteiger partial charge in [0.25, 0.3) is 0 Å². The lowest BCUT2D eigenvalue weighted by Crippen LogP contribution is -2.17. The number of anilines is 3. The van der Waals surface area contributed by atoms with Crippen molar-refractivity contribution >= 4 is 27.8 Å². The average Bonchev–Trinajstić information content (AvgIpc) is 3.97. The molecule has 0 heterocycles. The van der Waals surface area contributed by atoms with Crippen LogP contribution in [0.5, 0.6) is 0 Å². The molecule has 0 aliphatic heterocycles. The summed E-state index contributed by atoms with van der Waals surface area (Å²) in [5, 5.41) is 2.66. The molecule has 0 amide bonds. The second-order valence-electron chi connectivity index (χ2n) is 18.3. The number of rotatable bonds is 7. The molecule has 282 valence electrons. The summed E-state index contributed by atoms with van der Waals surface area (Å²) in [7, 11) is 0. The van der Waals surface area contributed by atoms with Crippen LogP contribution in [0.3, 0.4) is 0 Å². The molecule has 0 aromatic heterocycles. The molecule has 3 fully saturated rings. The molecule has 0 saturated heterocycles. The first kappa shape index (κ1) is 34.8. The molecule has 0 radical (unpaired) electrons. The van der Waals surface area contributed by atoms with Gasteiger partial charge in [-0.3, -0.25) is 0 Å². The van der Waals surface area contributed by atoms with Gasteiger partial charge in [0.15, 0.2) is 0 Å². The van der Waals surface area contributed by atoms with E-state index in [2.05, 4.69) is 170 Å². The van der Waals surface area contributed by atoms with E-state index in [4.69, 9.17) is 0 Å². The van der Waals surface area contributed by atoms with Gasteiger partial charge in [0.05, 0.1) is 5.69 Å². The Bertz CT molecular complexity index is 2610. The van der Waals surface area contributed by atoms with Crippen LogP contribution >= 0.6 is 0 Å². The van der Waals surface area contributed by atoms with E-state index in [1.54, 1.807) is 0 Å². The van der Waals surface area contributed by atoms with Crippen LogP contribution in [-0.4, -0.2) is 0 Å². The van der Waals surface area contributed by atoms with E-state index >= 15 is 0 Å². The zero-order chi connectivity index (χ0) is 38.1. The van der Waals surface area contributed by atoms with Crippen molar-refractivity contribution in [1.29, 1.82) is 0 Å². The summed E-state index contributed by atoms with van der Waals surface area (Å²) in [6, 6.07) is 58.2. The SMILES string of the molecule is CC1(C)c2cc(N(c3ccc(C4CC5CCC4C5)cc3)c3cccc4ccc(C5CCCCC5)cc34)ccc2-c2c(-c3ccccc3-c3ccccc3)cccc21. The zero-order valence-corrected chi connectivity index (χ0v) is 33.6. The Kier molecular flexibility index (Phi) is 8.50. The molecule has 4 aliphatic rings. The minimum Gasteiger partial charge on any atom is -0.310 e. The highest BCUT2D eigenvalue weighted by atomic mass is 15.1. The number of hydrogen-bond acceptors (Lipinski definition) is 1. The molecule has 7 aromatic rings. The molecule has 11 rings (SSSR count). The maximum absolute atomic E-state index is 2.57. The van der Waals surface area contributed by atoms with Crippen LogP contribution in [0, 0.1) is 11.8 Å². The van der Waals surface area contributed by atoms with Gasteiger partial charge in [0.1, 0.15) is 0 Å². The number of fused-ring (bicyclic) bond motifs is 6. The summed E-state index contributed by atoms with van der Waals surface area (Å²) < 4.78 is 0. The van der Waals surface area contributed by atoms with Gasteiger partial charge in [-0.25, -0.2) is 0 Å². The molecule has 3 atom stereocenters. The van der Waals surface area contributed by atoms with Gasteiger partial charge in [-0.15, -0.1) is 0 Å². The summed E-state index contributed by atoms with van der Waals surface area (Å²) in [6.07, 6.45) is 12.3. The standard InChI is InChI=1S/C56H53N/c1-56(2)52-21-12-20-48(47-19-10-9-18-46(47)39-15-7-4-8-16-39)55(52)49-32-31-45(36-53(49)56)57(44-29-27-41(28-30-44)50-34-37-23-24-43(50)33-37)54-22-11-17-40-25-26-42(35-51(40)54)38-13-5-3-6-14-38/h4,7-12,15-22,25-32,35-38,43,50H,3,5-6,13-14,23-24,33-34H2,1-2H3. The Morgan fingerprint density at radius 1 is 0.509 bits per heavy atom. The van der Waals surface area contributed by atoms with Gasteiger partial charge >= 0.3 is 0 Å². The van der Waals surface area contributed by atoms with E-state index in [9.17, 15) is 0 Å². The second kappa shape index (κ2) is 13.9. The highest BCUT2D eigenvalue weighted by Crippen LogP contribution is 2.56. The smallest absolute Gasteiger partial charge is 0.0540 e. The van der Waals surface area contributed by atoms with Crippen molar-refractivity contribution < 1.29 is 0 Å². The van der Waals surface area contributed by atoms with Crippen molar-refractivity contribution in [3.63, 3.8) is 0 Å². The number of nitrogens with zero attached hydrogens (tertiary/aromatic N) is 1. The second-order valence-corrected chi connectivity index (χ2v) is 18.3. The van der Waals surface area contributed by atoms with E-state index in [0.29, 0.717) is 5.92 Å². The Balaban J connectivity index is 1.06. The zero-order valence-electron chi connectivity index (χ0n) is 33.6. The fraction of sp³-hybridized carbons (Fsp3) is 0.286. The maximum Gasteiger partial charge on any atom is 0.0540 e. The third kappa shape index (κ3) is 5.88. The Labute approximate surface area is 339 Å². The van der Waals surface area contributed by atoms with E-state index < -0.39 is 0 Å². The largest absolute Gasteiger partial charge is 0.310 e. The fourth-order valence-corrected chi connectivity index (χ4v) is 11.8. The molecule has 57 heavy (non-hydrogen) atoms. The van der Waals surface area contributed by atoms with Gasteiger partial charge in [0, 0.05) is 22.2 Å². The molecular weight excluding hydrogens is 687 g/mol. The van der Waals surface area contributed by atoms with Gasteiger partial charge in [-0.2, -0.15) is 0 Å². The topological polar surface area (TPSA) is 3.24 Å². The van der Waals surface area contributed by atoms with Crippen LogP contribution in [0.4, 0.5) is 17.1 Å². The van der Waals surface area contributed by atoms with Gasteiger partial charge in [-0.1, -0.05) is 155 Å². The lowest BCUT2D eigenvalue weighted by molar-refractivity contribution is 0.420. The molecule has 1 heteroatoms. The highest BCUT2D eigenvalue weighted by Gasteiger charge is 2.40. The van der Waals surface area contributed by atoms with Crippen molar-refractivity contribution in [3.05, 3.63) is 174 Å². The van der Waals surface area contributed by atoms with Crippen LogP contribution in [0.25, 0.3) is 44.2 Å². The maximum atomic E-state index is 2.57. The summed E-state index contributed by atoms with van der Waals surface area (Å²) >= 11 is 0. The monoisotopic (exact) mass is 739 g/mol. The first-order chi connectivity index (χ1) is 28.0. The van der Waals surface area contributed by atoms with Crippen LogP contribution in [0.15, 0.2) is 152 Å². The van der Waals surface area contributed by atoms with Crippen LogP contribution in [0.1, 0.15) is 106 Å². The minimum absolute atomic E-state index is 0.164. The van der Waals surface area contributed by atoms with Crippen LogP contribution < -0.4 is 4.90 Å². The molecule has 7 aromatic carbocycles. The van der Waals surface area contributed by atoms with Gasteiger partial charge in [-0.05, 0) is 153 Å². The Hall–Kier alpha value is -5.40. The van der Waals surface area contributed by atoms with E-state index in [-0.39, 0.29) is 5.41 Å². The van der Waals surface area contributed by atoms with E-state index in [1.807, 2.05) is 0 Å². The van der Waals surface area contributed by atoms with Crippen molar-refractivity contribution in [2.24, 2.45) is 11.8 Å². The molecule has 3 unspecified atom stereocenters. The Morgan fingerprint density at radius 2 is 1.25 bits per heavy atom. The van der Waals surface area contributed by atoms with Crippen LogP contribution in [-0.2, 0) is 5.41 Å². The lowest BCUT2D eigenvalue weighted by Gasteiger charge is -2.30. The van der Waals surface area contributed by atoms with Crippen LogP contribution in [0.2, 0.25) is 0 Å². The molecule has 0 spiro atoms. The quantitative estimate of drug-likeness (QED) is 0.157. The first-order valence-corrected chi connectivity index (χ1v) is 21.9. The summed E-state index contributed by atoms with van der Waals surface area (Å²) in [6.45, 7) is 4.86. The molecular formula is C56H53N. The van der Waals surface area contributed by atoms with Crippen molar-refractivity contribution in [3.8, 4) is 33.4 Å². The number of hydrogen-bond donors (Lipinski definition) is 0. The first-order valence-electron chi connectivity index (χ1n) is 21.9. The van der Waals surface area contributed by atoms with E-state index in [1.165, 1.54) is 141 Å². The predicted molar refractivity (Wildman–Crippen MR) is 241 cm³/mol. The normalized spacial score (nSPS) is 20.8. The van der Waals surface area contributed by atoms with Crippen molar-refractivity contribution in [1.82, 2.24) is 0 Å². The Morgan fingerprint density at radius 3 is 2.04 bits per heavy atom. The lowest BCUT2D eigenvalue weighted by atomic mass is 9.81.